The second kappa shape index (κ2) is 9.26. The van der Waals surface area contributed by atoms with Crippen molar-refractivity contribution in [3.05, 3.63) is 38.9 Å². The van der Waals surface area contributed by atoms with E-state index in [9.17, 15) is 14.4 Å². The quantitative estimate of drug-likeness (QED) is 0.513. The van der Waals surface area contributed by atoms with Crippen molar-refractivity contribution in [2.45, 2.75) is 48.1 Å². The van der Waals surface area contributed by atoms with Crippen LogP contribution >= 0.6 is 11.6 Å². The number of Topliss-reactive ketones (excluding diaryl/α,β-unsaturated/α-hetero) is 1. The lowest BCUT2D eigenvalue weighted by Crippen LogP contribution is -2.18. The lowest BCUT2D eigenvalue weighted by molar-refractivity contribution is 0.0471. The lowest BCUT2D eigenvalue weighted by atomic mass is 10.1. The number of carbonyl (C=O) groups is 3. The van der Waals surface area contributed by atoms with Gasteiger partial charge in [0.1, 0.15) is 10.7 Å². The highest BCUT2D eigenvalue weighted by Gasteiger charge is 2.27. The zero-order chi connectivity index (χ0) is 21.9. The van der Waals surface area contributed by atoms with Gasteiger partial charge in [-0.1, -0.05) is 25.4 Å². The molecule has 0 radical (unpaired) electrons. The molecule has 2 aromatic heterocycles. The van der Waals surface area contributed by atoms with Crippen LogP contribution in [0.25, 0.3) is 0 Å². The maximum Gasteiger partial charge on any atom is 0.343 e. The number of nitrogens with one attached hydrogen (secondary N) is 1. The van der Waals surface area contributed by atoms with E-state index in [4.69, 9.17) is 21.1 Å². The van der Waals surface area contributed by atoms with Gasteiger partial charge in [-0.15, -0.1) is 0 Å². The van der Waals surface area contributed by atoms with Crippen LogP contribution in [0.3, 0.4) is 0 Å². The van der Waals surface area contributed by atoms with Crippen molar-refractivity contribution in [1.29, 1.82) is 0 Å². The highest BCUT2D eigenvalue weighted by Crippen LogP contribution is 2.23. The highest BCUT2D eigenvalue weighted by molar-refractivity contribution is 6.32. The predicted octanol–water partition coefficient (Wildman–Crippen LogP) is 3.66. The van der Waals surface area contributed by atoms with Gasteiger partial charge < -0.3 is 14.5 Å². The minimum absolute atomic E-state index is 0.132. The number of nitrogens with zero attached hydrogens (tertiary/aromatic N) is 2. The fraction of sp³-hybridized carbons (Fsp3) is 0.500. The third-order valence-electron chi connectivity index (χ3n) is 4.28. The topological polar surface area (TPSA) is 103 Å². The number of esters is 2. The summed E-state index contributed by atoms with van der Waals surface area (Å²) >= 11 is 6.28. The van der Waals surface area contributed by atoms with Gasteiger partial charge in [0.15, 0.2) is 6.61 Å². The molecule has 0 spiro atoms. The molecule has 0 amide bonds. The Morgan fingerprint density at radius 2 is 1.62 bits per heavy atom. The van der Waals surface area contributed by atoms with E-state index in [1.54, 1.807) is 32.4 Å². The number of aromatic amines is 1. The Labute approximate surface area is 174 Å². The molecular weight excluding hydrogens is 398 g/mol. The molecule has 1 N–H and O–H groups in total. The zero-order valence-corrected chi connectivity index (χ0v) is 18.3. The molecule has 0 atom stereocenters. The molecule has 9 heteroatoms. The van der Waals surface area contributed by atoms with Crippen LogP contribution in [-0.2, 0) is 16.0 Å². The summed E-state index contributed by atoms with van der Waals surface area (Å²) < 4.78 is 11.8. The number of hydrogen-bond donors (Lipinski definition) is 1. The van der Waals surface area contributed by atoms with Crippen LogP contribution in [0.1, 0.15) is 68.9 Å². The van der Waals surface area contributed by atoms with Crippen LogP contribution < -0.4 is 0 Å². The number of aromatic nitrogens is 3. The molecule has 0 bridgehead atoms. The van der Waals surface area contributed by atoms with Gasteiger partial charge in [-0.2, -0.15) is 5.10 Å². The monoisotopic (exact) mass is 423 g/mol. The minimum atomic E-state index is -0.738. The van der Waals surface area contributed by atoms with Crippen LogP contribution in [0.2, 0.25) is 5.15 Å². The largest absolute Gasteiger partial charge is 0.462 e. The van der Waals surface area contributed by atoms with Crippen molar-refractivity contribution < 1.29 is 23.9 Å². The fourth-order valence-electron chi connectivity index (χ4n) is 3.12. The van der Waals surface area contributed by atoms with Gasteiger partial charge >= 0.3 is 11.9 Å². The summed E-state index contributed by atoms with van der Waals surface area (Å²) in [5.74, 6) is -1.55. The lowest BCUT2D eigenvalue weighted by Gasteiger charge is -2.08. The summed E-state index contributed by atoms with van der Waals surface area (Å²) in [4.78, 5) is 40.4. The molecular formula is C20H26ClN3O5. The van der Waals surface area contributed by atoms with Crippen molar-refractivity contribution in [3.8, 4) is 0 Å². The minimum Gasteiger partial charge on any atom is -0.462 e. The Kier molecular flexibility index (Phi) is 7.24. The maximum absolute atomic E-state index is 12.7. The van der Waals surface area contributed by atoms with Crippen molar-refractivity contribution in [3.63, 3.8) is 0 Å². The van der Waals surface area contributed by atoms with E-state index < -0.39 is 24.3 Å². The number of halogens is 1. The predicted molar refractivity (Wildman–Crippen MR) is 108 cm³/mol. The molecule has 8 nitrogen and oxygen atoms in total. The standard InChI is InChI=1S/C20H26ClN3O5/c1-7-28-19(26)16-12(5)22-11(4)15(16)14(25)9-29-20(27)17-13(6)23-24(18(17)21)8-10(2)3/h10,22H,7-9H2,1-6H3. The smallest absolute Gasteiger partial charge is 0.343 e. The number of ketones is 1. The van der Waals surface area contributed by atoms with Crippen LogP contribution in [0, 0.1) is 26.7 Å². The number of H-pyrrole nitrogens is 1. The molecule has 0 aliphatic carbocycles. The molecule has 2 heterocycles. The molecule has 0 saturated heterocycles. The number of ether oxygens (including phenoxy) is 2. The summed E-state index contributed by atoms with van der Waals surface area (Å²) in [6, 6.07) is 0. The first-order valence-corrected chi connectivity index (χ1v) is 9.75. The third kappa shape index (κ3) is 4.87. The van der Waals surface area contributed by atoms with Crippen LogP contribution in [0.5, 0.6) is 0 Å². The first-order valence-electron chi connectivity index (χ1n) is 9.37. The van der Waals surface area contributed by atoms with Gasteiger partial charge in [0, 0.05) is 17.9 Å². The van der Waals surface area contributed by atoms with E-state index in [0.717, 1.165) is 0 Å². The third-order valence-corrected chi connectivity index (χ3v) is 4.66. The first kappa shape index (κ1) is 22.7. The average Bonchev–Trinajstić information content (AvgIpc) is 3.07. The highest BCUT2D eigenvalue weighted by atomic mass is 35.5. The van der Waals surface area contributed by atoms with E-state index in [2.05, 4.69) is 10.1 Å². The Bertz CT molecular complexity index is 943. The Balaban J connectivity index is 2.19. The molecule has 0 aromatic carbocycles. The molecule has 0 fully saturated rings. The Morgan fingerprint density at radius 1 is 1.03 bits per heavy atom. The molecule has 2 rings (SSSR count). The average molecular weight is 424 g/mol. The molecule has 29 heavy (non-hydrogen) atoms. The summed E-state index contributed by atoms with van der Waals surface area (Å²) in [6.45, 7) is 10.9. The van der Waals surface area contributed by atoms with Crippen molar-refractivity contribution >= 4 is 29.3 Å². The van der Waals surface area contributed by atoms with Gasteiger partial charge in [-0.3, -0.25) is 9.48 Å². The van der Waals surface area contributed by atoms with E-state index >= 15 is 0 Å². The van der Waals surface area contributed by atoms with Crippen molar-refractivity contribution in [1.82, 2.24) is 14.8 Å². The Morgan fingerprint density at radius 3 is 2.21 bits per heavy atom. The summed E-state index contributed by atoms with van der Waals surface area (Å²) in [5, 5.41) is 4.44. The zero-order valence-electron chi connectivity index (χ0n) is 17.5. The van der Waals surface area contributed by atoms with Gasteiger partial charge in [-0.25, -0.2) is 9.59 Å². The van der Waals surface area contributed by atoms with E-state index in [0.29, 0.717) is 29.5 Å². The van der Waals surface area contributed by atoms with Crippen LogP contribution in [0.4, 0.5) is 0 Å². The summed E-state index contributed by atoms with van der Waals surface area (Å²) in [5.41, 5.74) is 1.90. The Hall–Kier alpha value is -2.61. The normalized spacial score (nSPS) is 11.0. The van der Waals surface area contributed by atoms with Crippen molar-refractivity contribution in [2.24, 2.45) is 5.92 Å². The SMILES string of the molecule is CCOC(=O)c1c(C)[nH]c(C)c1C(=O)COC(=O)c1c(C)nn(CC(C)C)c1Cl. The van der Waals surface area contributed by atoms with E-state index in [-0.39, 0.29) is 28.5 Å². The van der Waals surface area contributed by atoms with Gasteiger partial charge in [-0.05, 0) is 33.6 Å². The first-order chi connectivity index (χ1) is 13.6. The van der Waals surface area contributed by atoms with E-state index in [1.165, 1.54) is 0 Å². The maximum atomic E-state index is 12.7. The fourth-order valence-corrected chi connectivity index (χ4v) is 3.44. The second-order valence-electron chi connectivity index (χ2n) is 7.17. The molecule has 0 unspecified atom stereocenters. The molecule has 2 aromatic rings. The van der Waals surface area contributed by atoms with Crippen molar-refractivity contribution in [2.75, 3.05) is 13.2 Å². The van der Waals surface area contributed by atoms with Crippen LogP contribution in [-0.4, -0.2) is 45.7 Å². The van der Waals surface area contributed by atoms with Crippen LogP contribution in [0.15, 0.2) is 0 Å². The number of carbonyl (C=O) groups excluding carboxylic acids is 3. The van der Waals surface area contributed by atoms with Gasteiger partial charge in [0.25, 0.3) is 0 Å². The number of rotatable bonds is 8. The molecule has 0 aliphatic rings. The van der Waals surface area contributed by atoms with Gasteiger partial charge in [0.05, 0.1) is 23.4 Å². The molecule has 0 aliphatic heterocycles. The van der Waals surface area contributed by atoms with E-state index in [1.807, 2.05) is 13.8 Å². The number of aryl methyl sites for hydroxylation is 3. The summed E-state index contributed by atoms with van der Waals surface area (Å²) in [6.07, 6.45) is 0. The molecule has 158 valence electrons. The second-order valence-corrected chi connectivity index (χ2v) is 7.53. The van der Waals surface area contributed by atoms with Gasteiger partial charge in [0.2, 0.25) is 5.78 Å². The molecule has 0 saturated carbocycles. The summed E-state index contributed by atoms with van der Waals surface area (Å²) in [7, 11) is 0. The number of hydrogen-bond acceptors (Lipinski definition) is 6.